The third kappa shape index (κ3) is 3.48. The summed E-state index contributed by atoms with van der Waals surface area (Å²) in [5.74, 6) is 0.627. The molecule has 21 heavy (non-hydrogen) atoms. The van der Waals surface area contributed by atoms with Crippen molar-refractivity contribution in [3.63, 3.8) is 0 Å². The van der Waals surface area contributed by atoms with Gasteiger partial charge in [0, 0.05) is 17.4 Å². The number of aliphatic carboxylic acids is 1. The quantitative estimate of drug-likeness (QED) is 0.829. The molecule has 108 valence electrons. The van der Waals surface area contributed by atoms with E-state index in [1.54, 1.807) is 18.3 Å². The Kier molecular flexibility index (Phi) is 4.73. The van der Waals surface area contributed by atoms with Gasteiger partial charge in [0.25, 0.3) is 5.91 Å². The van der Waals surface area contributed by atoms with Crippen LogP contribution in [0.2, 0.25) is 0 Å². The lowest BCUT2D eigenvalue weighted by molar-refractivity contribution is -0.139. The maximum absolute atomic E-state index is 12.2. The molecule has 0 aliphatic rings. The number of carboxylic acid groups (broad SMARTS) is 1. The molecule has 0 saturated carbocycles. The Bertz CT molecular complexity index is 698. The van der Waals surface area contributed by atoms with Crippen LogP contribution in [0, 0.1) is 19.3 Å². The second-order valence-electron chi connectivity index (χ2n) is 4.22. The second-order valence-corrected chi connectivity index (χ2v) is 6.00. The Balaban J connectivity index is 2.20. The zero-order valence-corrected chi connectivity index (χ0v) is 12.8. The fraction of sp³-hybridized carbons (Fsp3) is 0.214. The number of terminal acetylenes is 1. The monoisotopic (exact) mass is 320 g/mol. The Morgan fingerprint density at radius 2 is 2.33 bits per heavy atom. The number of nitrogens with one attached hydrogen (secondary N) is 1. The fourth-order valence-corrected chi connectivity index (χ4v) is 3.34. The van der Waals surface area contributed by atoms with Crippen LogP contribution in [0.4, 0.5) is 0 Å². The van der Waals surface area contributed by atoms with Gasteiger partial charge >= 0.3 is 5.97 Å². The highest BCUT2D eigenvalue weighted by Crippen LogP contribution is 2.29. The van der Waals surface area contributed by atoms with E-state index in [4.69, 9.17) is 11.5 Å². The number of nitrogens with zero attached hydrogens (tertiary/aromatic N) is 1. The summed E-state index contributed by atoms with van der Waals surface area (Å²) in [7, 11) is 0. The molecule has 1 unspecified atom stereocenters. The van der Waals surface area contributed by atoms with Crippen LogP contribution >= 0.6 is 22.7 Å². The molecule has 0 aromatic carbocycles. The molecular weight excluding hydrogens is 308 g/mol. The molecule has 0 spiro atoms. The molecule has 1 amide bonds. The molecule has 0 bridgehead atoms. The molecular formula is C14H12N2O3S2. The van der Waals surface area contributed by atoms with Crippen LogP contribution in [-0.4, -0.2) is 28.0 Å². The minimum absolute atomic E-state index is 0.0592. The smallest absolute Gasteiger partial charge is 0.327 e. The standard InChI is InChI=1S/C14H12N2O3S2/c1-3-4-10(14(18)19)16-12(17)11-8(2)15-13(21-11)9-5-6-20-7-9/h1,5-7,10H,4H2,2H3,(H,16,17)(H,18,19). The van der Waals surface area contributed by atoms with Crippen LogP contribution in [0.25, 0.3) is 10.6 Å². The summed E-state index contributed by atoms with van der Waals surface area (Å²) in [4.78, 5) is 27.9. The summed E-state index contributed by atoms with van der Waals surface area (Å²) in [6.07, 6.45) is 5.05. The predicted molar refractivity (Wildman–Crippen MR) is 82.5 cm³/mol. The summed E-state index contributed by atoms with van der Waals surface area (Å²) in [5.41, 5.74) is 1.52. The van der Waals surface area contributed by atoms with E-state index in [0.717, 1.165) is 10.6 Å². The molecule has 0 fully saturated rings. The van der Waals surface area contributed by atoms with Gasteiger partial charge in [0.1, 0.15) is 15.9 Å². The highest BCUT2D eigenvalue weighted by molar-refractivity contribution is 7.17. The number of thiazole rings is 1. The molecule has 2 aromatic heterocycles. The first-order chi connectivity index (χ1) is 10.0. The minimum atomic E-state index is -1.15. The highest BCUT2D eigenvalue weighted by atomic mass is 32.1. The minimum Gasteiger partial charge on any atom is -0.480 e. The molecule has 0 saturated heterocycles. The molecule has 2 aromatic rings. The van der Waals surface area contributed by atoms with Gasteiger partial charge in [-0.15, -0.1) is 23.7 Å². The number of rotatable bonds is 5. The average Bonchev–Trinajstić information content (AvgIpc) is 3.06. The van der Waals surface area contributed by atoms with Crippen molar-refractivity contribution >= 4 is 34.6 Å². The van der Waals surface area contributed by atoms with Crippen molar-refractivity contribution in [3.8, 4) is 22.9 Å². The Morgan fingerprint density at radius 3 is 2.90 bits per heavy atom. The summed E-state index contributed by atoms with van der Waals surface area (Å²) in [6, 6.07) is 0.830. The van der Waals surface area contributed by atoms with E-state index in [9.17, 15) is 9.59 Å². The summed E-state index contributed by atoms with van der Waals surface area (Å²) in [5, 5.41) is 16.0. The summed E-state index contributed by atoms with van der Waals surface area (Å²) < 4.78 is 0. The molecule has 5 nitrogen and oxygen atoms in total. The van der Waals surface area contributed by atoms with Crippen molar-refractivity contribution < 1.29 is 14.7 Å². The molecule has 1 atom stereocenters. The third-order valence-corrected chi connectivity index (χ3v) is 4.58. The van der Waals surface area contributed by atoms with Crippen molar-refractivity contribution in [3.05, 3.63) is 27.4 Å². The maximum atomic E-state index is 12.2. The largest absolute Gasteiger partial charge is 0.480 e. The average molecular weight is 320 g/mol. The predicted octanol–water partition coefficient (Wildman–Crippen LogP) is 2.39. The first kappa shape index (κ1) is 15.2. The Hall–Kier alpha value is -2.17. The SMILES string of the molecule is C#CCC(NC(=O)c1sc(-c2ccsc2)nc1C)C(=O)O. The van der Waals surface area contributed by atoms with E-state index >= 15 is 0 Å². The number of carboxylic acids is 1. The van der Waals surface area contributed by atoms with Crippen LogP contribution in [-0.2, 0) is 4.79 Å². The first-order valence-electron chi connectivity index (χ1n) is 6.00. The van der Waals surface area contributed by atoms with Gasteiger partial charge in [-0.1, -0.05) is 0 Å². The van der Waals surface area contributed by atoms with Crippen LogP contribution in [0.1, 0.15) is 21.8 Å². The van der Waals surface area contributed by atoms with E-state index in [1.807, 2.05) is 16.8 Å². The Morgan fingerprint density at radius 1 is 1.57 bits per heavy atom. The second kappa shape index (κ2) is 6.52. The number of aromatic nitrogens is 1. The number of hydrogen-bond acceptors (Lipinski definition) is 5. The number of hydrogen-bond donors (Lipinski definition) is 2. The van der Waals surface area contributed by atoms with Gasteiger partial charge in [-0.3, -0.25) is 4.79 Å². The molecule has 0 aliphatic carbocycles. The van der Waals surface area contributed by atoms with Gasteiger partial charge < -0.3 is 10.4 Å². The lowest BCUT2D eigenvalue weighted by Crippen LogP contribution is -2.40. The molecule has 7 heteroatoms. The van der Waals surface area contributed by atoms with Crippen LogP contribution < -0.4 is 5.32 Å². The van der Waals surface area contributed by atoms with Crippen molar-refractivity contribution in [2.45, 2.75) is 19.4 Å². The van der Waals surface area contributed by atoms with Crippen LogP contribution in [0.15, 0.2) is 16.8 Å². The molecule has 2 N–H and O–H groups in total. The number of aryl methyl sites for hydroxylation is 1. The molecule has 2 heterocycles. The van der Waals surface area contributed by atoms with E-state index in [2.05, 4.69) is 16.2 Å². The topological polar surface area (TPSA) is 79.3 Å². The van der Waals surface area contributed by atoms with Gasteiger partial charge in [0.15, 0.2) is 0 Å². The molecule has 2 rings (SSSR count). The number of amides is 1. The molecule has 0 radical (unpaired) electrons. The van der Waals surface area contributed by atoms with Gasteiger partial charge in [0.05, 0.1) is 5.69 Å². The van der Waals surface area contributed by atoms with Crippen molar-refractivity contribution in [1.82, 2.24) is 10.3 Å². The van der Waals surface area contributed by atoms with Crippen molar-refractivity contribution in [2.75, 3.05) is 0 Å². The number of thiophene rings is 1. The van der Waals surface area contributed by atoms with Gasteiger partial charge in [-0.25, -0.2) is 9.78 Å². The van der Waals surface area contributed by atoms with Crippen LogP contribution in [0.5, 0.6) is 0 Å². The van der Waals surface area contributed by atoms with Crippen molar-refractivity contribution in [2.24, 2.45) is 0 Å². The Labute approximate surface area is 129 Å². The maximum Gasteiger partial charge on any atom is 0.327 e. The first-order valence-corrected chi connectivity index (χ1v) is 7.76. The van der Waals surface area contributed by atoms with E-state index in [0.29, 0.717) is 10.6 Å². The van der Waals surface area contributed by atoms with Gasteiger partial charge in [0.2, 0.25) is 0 Å². The fourth-order valence-electron chi connectivity index (χ4n) is 1.66. The van der Waals surface area contributed by atoms with Gasteiger partial charge in [-0.05, 0) is 18.4 Å². The normalized spacial score (nSPS) is 11.6. The number of carbonyl (C=O) groups excluding carboxylic acids is 1. The zero-order valence-electron chi connectivity index (χ0n) is 11.1. The lowest BCUT2D eigenvalue weighted by Gasteiger charge is -2.10. The lowest BCUT2D eigenvalue weighted by atomic mass is 10.2. The van der Waals surface area contributed by atoms with Crippen LogP contribution in [0.3, 0.4) is 0 Å². The van der Waals surface area contributed by atoms with E-state index in [-0.39, 0.29) is 6.42 Å². The highest BCUT2D eigenvalue weighted by Gasteiger charge is 2.23. The summed E-state index contributed by atoms with van der Waals surface area (Å²) in [6.45, 7) is 1.72. The summed E-state index contributed by atoms with van der Waals surface area (Å²) >= 11 is 2.78. The number of carbonyl (C=O) groups is 2. The molecule has 0 aliphatic heterocycles. The van der Waals surface area contributed by atoms with E-state index < -0.39 is 17.9 Å². The van der Waals surface area contributed by atoms with Crippen molar-refractivity contribution in [1.29, 1.82) is 0 Å². The van der Waals surface area contributed by atoms with Gasteiger partial charge in [-0.2, -0.15) is 11.3 Å². The third-order valence-electron chi connectivity index (χ3n) is 2.70. The van der Waals surface area contributed by atoms with E-state index in [1.165, 1.54) is 11.3 Å². The zero-order chi connectivity index (χ0) is 15.4.